The highest BCUT2D eigenvalue weighted by Gasteiger charge is 2.36. The van der Waals surface area contributed by atoms with Crippen LogP contribution in [0.15, 0.2) is 146 Å². The van der Waals surface area contributed by atoms with Crippen molar-refractivity contribution in [2.24, 2.45) is 0 Å². The summed E-state index contributed by atoms with van der Waals surface area (Å²) in [6, 6.07) is 31.6. The van der Waals surface area contributed by atoms with Crippen molar-refractivity contribution in [3.05, 3.63) is 168 Å². The molecule has 0 aliphatic carbocycles. The molecule has 2 N–H and O–H groups in total. The molecule has 0 saturated heterocycles. The second kappa shape index (κ2) is 28.8. The molecular formula is C56H66O14. The van der Waals surface area contributed by atoms with Gasteiger partial charge in [0.1, 0.15) is 49.4 Å². The van der Waals surface area contributed by atoms with Crippen LogP contribution in [0.3, 0.4) is 0 Å². The first-order valence-corrected chi connectivity index (χ1v) is 23.4. The van der Waals surface area contributed by atoms with Crippen LogP contribution in [0.25, 0.3) is 0 Å². The van der Waals surface area contributed by atoms with Gasteiger partial charge >= 0.3 is 23.9 Å². The number of esters is 4. The van der Waals surface area contributed by atoms with E-state index in [-0.39, 0.29) is 39.6 Å². The molecule has 14 heteroatoms. The Morgan fingerprint density at radius 3 is 1.00 bits per heavy atom. The zero-order chi connectivity index (χ0) is 50.8. The highest BCUT2D eigenvalue weighted by Crippen LogP contribution is 2.45. The molecule has 70 heavy (non-hydrogen) atoms. The third kappa shape index (κ3) is 17.2. The Kier molecular flexibility index (Phi) is 22.6. The Labute approximate surface area is 411 Å². The third-order valence-electron chi connectivity index (χ3n) is 11.4. The van der Waals surface area contributed by atoms with Gasteiger partial charge in [-0.1, -0.05) is 89.4 Å². The largest absolute Gasteiger partial charge is 0.502 e. The Morgan fingerprint density at radius 1 is 0.443 bits per heavy atom. The van der Waals surface area contributed by atoms with E-state index in [2.05, 4.69) is 51.3 Å². The molecule has 0 spiro atoms. The Balaban J connectivity index is 1.61. The Bertz CT molecular complexity index is 2190. The van der Waals surface area contributed by atoms with Crippen molar-refractivity contribution in [1.29, 1.82) is 0 Å². The summed E-state index contributed by atoms with van der Waals surface area (Å²) in [6.45, 7) is 16.2. The van der Waals surface area contributed by atoms with Gasteiger partial charge in [0.05, 0.1) is 26.4 Å². The summed E-state index contributed by atoms with van der Waals surface area (Å²) in [5.74, 6) is -0.861. The summed E-state index contributed by atoms with van der Waals surface area (Å²) in [7, 11) is 0. The maximum atomic E-state index is 12.0. The third-order valence-corrected chi connectivity index (χ3v) is 11.4. The van der Waals surface area contributed by atoms with Gasteiger partial charge in [0.2, 0.25) is 0 Å². The first-order valence-electron chi connectivity index (χ1n) is 23.4. The maximum Gasteiger partial charge on any atom is 0.373 e. The number of hydrogen-bond donors (Lipinski definition) is 2. The molecule has 14 nitrogen and oxygen atoms in total. The molecule has 0 atom stereocenters. The average molecular weight is 963 g/mol. The van der Waals surface area contributed by atoms with Gasteiger partial charge in [-0.25, -0.2) is 19.2 Å². The number of benzene rings is 4. The number of hydrogen-bond acceptors (Lipinski definition) is 14. The maximum absolute atomic E-state index is 12.0. The van der Waals surface area contributed by atoms with Crippen LogP contribution in [0.1, 0.15) is 88.5 Å². The fourth-order valence-electron chi connectivity index (χ4n) is 7.34. The molecule has 0 unspecified atom stereocenters. The van der Waals surface area contributed by atoms with Gasteiger partial charge in [-0.05, 0) is 109 Å². The lowest BCUT2D eigenvalue weighted by Crippen LogP contribution is -2.30. The van der Waals surface area contributed by atoms with E-state index < -0.39 is 46.2 Å². The summed E-state index contributed by atoms with van der Waals surface area (Å²) >= 11 is 0. The van der Waals surface area contributed by atoms with Crippen molar-refractivity contribution in [3.8, 4) is 23.0 Å². The summed E-state index contributed by atoms with van der Waals surface area (Å²) in [5, 5.41) is 19.5. The molecule has 0 aromatic heterocycles. The van der Waals surface area contributed by atoms with Crippen LogP contribution in [0.2, 0.25) is 0 Å². The average Bonchev–Trinajstić information content (AvgIpc) is 3.38. The van der Waals surface area contributed by atoms with E-state index in [4.69, 9.17) is 37.9 Å². The standard InChI is InChI=1S/C56H66O14/c1-7-13-49(57)53(61)69-35-11-33-63-45-23-15-41(16-24-45)55(5,42-17-25-46(26-18-42)64-34-12-36-70-54(62)50(58)14-8-2)31-32-56(6,43-19-27-47(28-20-43)65-37-39-67-51(59)9-3)44-21-29-48(30-22-44)66-38-40-68-52(60)10-4/h9-10,13-30,57-58H,3-4,7-8,11-12,31-40H2,1-2,5-6H3. The van der Waals surface area contributed by atoms with Crippen molar-refractivity contribution < 1.29 is 67.3 Å². The highest BCUT2D eigenvalue weighted by molar-refractivity contribution is 5.86. The van der Waals surface area contributed by atoms with Gasteiger partial charge in [-0.3, -0.25) is 0 Å². The first-order chi connectivity index (χ1) is 33.8. The van der Waals surface area contributed by atoms with Gasteiger partial charge < -0.3 is 48.1 Å². The molecule has 0 saturated carbocycles. The molecular weight excluding hydrogens is 897 g/mol. The molecule has 0 radical (unpaired) electrons. The van der Waals surface area contributed by atoms with Crippen molar-refractivity contribution >= 4 is 23.9 Å². The monoisotopic (exact) mass is 962 g/mol. The smallest absolute Gasteiger partial charge is 0.373 e. The fourth-order valence-corrected chi connectivity index (χ4v) is 7.34. The predicted molar refractivity (Wildman–Crippen MR) is 265 cm³/mol. The molecule has 0 aliphatic rings. The number of aliphatic hydroxyl groups excluding tert-OH is 2. The Morgan fingerprint density at radius 2 is 0.729 bits per heavy atom. The lowest BCUT2D eigenvalue weighted by atomic mass is 9.66. The molecule has 0 heterocycles. The minimum absolute atomic E-state index is 0.0785. The van der Waals surface area contributed by atoms with Crippen LogP contribution in [0, 0.1) is 0 Å². The van der Waals surface area contributed by atoms with E-state index in [0.717, 1.165) is 34.4 Å². The number of rotatable bonds is 31. The van der Waals surface area contributed by atoms with E-state index in [9.17, 15) is 29.4 Å². The van der Waals surface area contributed by atoms with Crippen molar-refractivity contribution in [1.82, 2.24) is 0 Å². The van der Waals surface area contributed by atoms with Crippen LogP contribution in [0.5, 0.6) is 23.0 Å². The number of carbonyl (C=O) groups excluding carboxylic acids is 4. The van der Waals surface area contributed by atoms with Crippen LogP contribution in [-0.2, 0) is 49.0 Å². The molecule has 4 rings (SSSR count). The summed E-state index contributed by atoms with van der Waals surface area (Å²) in [4.78, 5) is 46.9. The summed E-state index contributed by atoms with van der Waals surface area (Å²) < 4.78 is 44.2. The fraction of sp³-hybridized carbons (Fsp3) is 0.357. The van der Waals surface area contributed by atoms with Gasteiger partial charge in [-0.2, -0.15) is 0 Å². The lowest BCUT2D eigenvalue weighted by Gasteiger charge is -2.38. The lowest BCUT2D eigenvalue weighted by molar-refractivity contribution is -0.143. The zero-order valence-electron chi connectivity index (χ0n) is 40.7. The number of allylic oxidation sites excluding steroid dienone is 2. The quantitative estimate of drug-likeness (QED) is 0.0160. The van der Waals surface area contributed by atoms with Crippen molar-refractivity contribution in [2.45, 2.75) is 77.0 Å². The number of ether oxygens (including phenoxy) is 8. The summed E-state index contributed by atoms with van der Waals surface area (Å²) in [5.41, 5.74) is 3.02. The van der Waals surface area contributed by atoms with Crippen molar-refractivity contribution in [3.63, 3.8) is 0 Å². The zero-order valence-corrected chi connectivity index (χ0v) is 40.7. The molecule has 0 fully saturated rings. The second-order valence-electron chi connectivity index (χ2n) is 16.4. The highest BCUT2D eigenvalue weighted by atomic mass is 16.6. The van der Waals surface area contributed by atoms with E-state index in [0.29, 0.717) is 74.7 Å². The van der Waals surface area contributed by atoms with Crippen LogP contribution >= 0.6 is 0 Å². The van der Waals surface area contributed by atoms with Gasteiger partial charge in [0.25, 0.3) is 0 Å². The molecule has 4 aromatic carbocycles. The van der Waals surface area contributed by atoms with Crippen LogP contribution < -0.4 is 18.9 Å². The number of carbonyl (C=O) groups is 4. The molecule has 374 valence electrons. The summed E-state index contributed by atoms with van der Waals surface area (Å²) in [6.07, 6.45) is 8.22. The van der Waals surface area contributed by atoms with Crippen LogP contribution in [-0.4, -0.2) is 86.9 Å². The molecule has 0 aliphatic heterocycles. The van der Waals surface area contributed by atoms with E-state index >= 15 is 0 Å². The van der Waals surface area contributed by atoms with E-state index in [1.807, 2.05) is 86.6 Å². The molecule has 4 aromatic rings. The van der Waals surface area contributed by atoms with E-state index in [1.54, 1.807) is 0 Å². The van der Waals surface area contributed by atoms with Gasteiger partial charge in [0.15, 0.2) is 11.5 Å². The van der Waals surface area contributed by atoms with Crippen LogP contribution in [0.4, 0.5) is 0 Å². The van der Waals surface area contributed by atoms with Gasteiger partial charge in [0, 0.05) is 35.8 Å². The number of aliphatic hydroxyl groups is 2. The first kappa shape index (κ1) is 55.1. The minimum Gasteiger partial charge on any atom is -0.502 e. The normalized spacial score (nSPS) is 12.4. The van der Waals surface area contributed by atoms with Crippen molar-refractivity contribution in [2.75, 3.05) is 52.9 Å². The predicted octanol–water partition coefficient (Wildman–Crippen LogP) is 10.3. The Hall–Kier alpha value is -7.48. The second-order valence-corrected chi connectivity index (χ2v) is 16.4. The molecule has 0 bridgehead atoms. The topological polar surface area (TPSA) is 183 Å². The minimum atomic E-state index is -0.764. The van der Waals surface area contributed by atoms with Gasteiger partial charge in [-0.15, -0.1) is 0 Å². The SMILES string of the molecule is C=CC(=O)OCCOc1ccc(C(C)(CCC(C)(c2ccc(OCCCOC(=O)C(O)=CCC)cc2)c2ccc(OCCCOC(=O)C(O)=CCC)cc2)c2ccc(OCCOC(=O)C=C)cc2)cc1. The van der Waals surface area contributed by atoms with E-state index in [1.165, 1.54) is 12.2 Å². The molecule has 0 amide bonds.